The highest BCUT2D eigenvalue weighted by atomic mass is 79.9. The minimum Gasteiger partial charge on any atom is -0.342 e. The van der Waals surface area contributed by atoms with Gasteiger partial charge in [-0.05, 0) is 40.5 Å². The number of carbonyl (C=O) groups excluding carboxylic acids is 1. The summed E-state index contributed by atoms with van der Waals surface area (Å²) in [6.45, 7) is 1.34. The molecule has 0 aliphatic heterocycles. The molecule has 1 atom stereocenters. The van der Waals surface area contributed by atoms with Gasteiger partial charge in [-0.2, -0.15) is 13.2 Å². The van der Waals surface area contributed by atoms with Gasteiger partial charge in [0.25, 0.3) is 0 Å². The molecule has 7 heteroatoms. The van der Waals surface area contributed by atoms with Crippen molar-refractivity contribution >= 4 is 21.8 Å². The van der Waals surface area contributed by atoms with Crippen LogP contribution < -0.4 is 5.32 Å². The maximum Gasteiger partial charge on any atom is 0.471 e. The average Bonchev–Trinajstić information content (AvgIpc) is 2.20. The summed E-state index contributed by atoms with van der Waals surface area (Å²) in [6.07, 6.45) is -4.94. The number of alkyl halides is 3. The van der Waals surface area contributed by atoms with Gasteiger partial charge in [0.05, 0.1) is 10.5 Å². The first kappa shape index (κ1) is 14.0. The lowest BCUT2D eigenvalue weighted by Crippen LogP contribution is -2.38. The number of amides is 1. The Balaban J connectivity index is 2.80. The van der Waals surface area contributed by atoms with E-state index in [-0.39, 0.29) is 10.0 Å². The summed E-state index contributed by atoms with van der Waals surface area (Å²) < 4.78 is 49.3. The zero-order valence-electron chi connectivity index (χ0n) is 8.61. The molecule has 0 aliphatic carbocycles. The molecule has 0 fully saturated rings. The molecule has 1 N–H and O–H groups in total. The van der Waals surface area contributed by atoms with Crippen molar-refractivity contribution in [3.05, 3.63) is 34.1 Å². The SMILES string of the molecule is CC(NC(=O)C(F)(F)F)c1ccc(Br)c(F)c1. The highest BCUT2D eigenvalue weighted by Crippen LogP contribution is 2.22. The normalized spacial score (nSPS) is 13.3. The third-order valence-corrected chi connectivity index (χ3v) is 2.69. The number of carbonyl (C=O) groups is 1. The Kier molecular flexibility index (Phi) is 4.13. The molecular weight excluding hydrogens is 306 g/mol. The topological polar surface area (TPSA) is 29.1 Å². The summed E-state index contributed by atoms with van der Waals surface area (Å²) in [5.74, 6) is -2.65. The minimum absolute atomic E-state index is 0.204. The second kappa shape index (κ2) is 5.03. The maximum absolute atomic E-state index is 13.1. The van der Waals surface area contributed by atoms with Gasteiger partial charge in [-0.15, -0.1) is 0 Å². The zero-order valence-corrected chi connectivity index (χ0v) is 10.2. The second-order valence-electron chi connectivity index (χ2n) is 3.37. The van der Waals surface area contributed by atoms with Gasteiger partial charge in [-0.3, -0.25) is 4.79 Å². The molecule has 1 amide bonds. The summed E-state index contributed by atoms with van der Waals surface area (Å²) >= 11 is 2.92. The molecular formula is C10H8BrF4NO. The van der Waals surface area contributed by atoms with Gasteiger partial charge in [-0.1, -0.05) is 6.07 Å². The Bertz CT molecular complexity index is 433. The Labute approximate surface area is 103 Å². The van der Waals surface area contributed by atoms with E-state index in [1.54, 1.807) is 5.32 Å². The molecule has 0 aromatic heterocycles. The van der Waals surface area contributed by atoms with Gasteiger partial charge in [0.1, 0.15) is 5.82 Å². The summed E-state index contributed by atoms with van der Waals surface area (Å²) in [5.41, 5.74) is 0.253. The van der Waals surface area contributed by atoms with Crippen molar-refractivity contribution < 1.29 is 22.4 Å². The standard InChI is InChI=1S/C10H8BrF4NO/c1-5(16-9(17)10(13,14)15)6-2-3-7(11)8(12)4-6/h2-5H,1H3,(H,16,17). The molecule has 0 saturated carbocycles. The first-order chi connectivity index (χ1) is 7.71. The highest BCUT2D eigenvalue weighted by Gasteiger charge is 2.39. The van der Waals surface area contributed by atoms with E-state index in [9.17, 15) is 22.4 Å². The Hall–Kier alpha value is -1.11. The molecule has 1 aromatic carbocycles. The van der Waals surface area contributed by atoms with Crippen molar-refractivity contribution in [3.8, 4) is 0 Å². The number of nitrogens with one attached hydrogen (secondary N) is 1. The number of rotatable bonds is 2. The second-order valence-corrected chi connectivity index (χ2v) is 4.22. The van der Waals surface area contributed by atoms with Crippen LogP contribution in [0.5, 0.6) is 0 Å². The predicted molar refractivity (Wildman–Crippen MR) is 56.7 cm³/mol. The minimum atomic E-state index is -4.94. The van der Waals surface area contributed by atoms with Gasteiger partial charge in [-0.25, -0.2) is 4.39 Å². The van der Waals surface area contributed by atoms with Crippen molar-refractivity contribution in [2.75, 3.05) is 0 Å². The Morgan fingerprint density at radius 1 is 1.41 bits per heavy atom. The quantitative estimate of drug-likeness (QED) is 0.834. The fourth-order valence-electron chi connectivity index (χ4n) is 1.14. The van der Waals surface area contributed by atoms with Crippen molar-refractivity contribution in [1.82, 2.24) is 5.32 Å². The van der Waals surface area contributed by atoms with Crippen LogP contribution in [-0.4, -0.2) is 12.1 Å². The van der Waals surface area contributed by atoms with Gasteiger partial charge in [0.15, 0.2) is 0 Å². The molecule has 0 heterocycles. The first-order valence-electron chi connectivity index (χ1n) is 4.54. The lowest BCUT2D eigenvalue weighted by Gasteiger charge is -2.15. The van der Waals surface area contributed by atoms with Crippen molar-refractivity contribution in [2.24, 2.45) is 0 Å². The lowest BCUT2D eigenvalue weighted by molar-refractivity contribution is -0.174. The molecule has 0 radical (unpaired) electrons. The summed E-state index contributed by atoms with van der Waals surface area (Å²) in [5, 5.41) is 1.74. The van der Waals surface area contributed by atoms with E-state index in [0.717, 1.165) is 6.07 Å². The monoisotopic (exact) mass is 313 g/mol. The van der Waals surface area contributed by atoms with E-state index in [1.165, 1.54) is 19.1 Å². The number of hydrogen-bond acceptors (Lipinski definition) is 1. The van der Waals surface area contributed by atoms with Crippen LogP contribution in [0.1, 0.15) is 18.5 Å². The third kappa shape index (κ3) is 3.69. The van der Waals surface area contributed by atoms with E-state index in [4.69, 9.17) is 0 Å². The predicted octanol–water partition coefficient (Wildman–Crippen LogP) is 3.33. The molecule has 2 nitrogen and oxygen atoms in total. The van der Waals surface area contributed by atoms with Gasteiger partial charge >= 0.3 is 12.1 Å². The first-order valence-corrected chi connectivity index (χ1v) is 5.33. The van der Waals surface area contributed by atoms with Crippen LogP contribution in [0, 0.1) is 5.82 Å². The van der Waals surface area contributed by atoms with Crippen LogP contribution in [0.4, 0.5) is 17.6 Å². The largest absolute Gasteiger partial charge is 0.471 e. The summed E-state index contributed by atoms with van der Waals surface area (Å²) in [4.78, 5) is 10.7. The van der Waals surface area contributed by atoms with Crippen molar-refractivity contribution in [2.45, 2.75) is 19.1 Å². The van der Waals surface area contributed by atoms with Crippen LogP contribution in [0.3, 0.4) is 0 Å². The molecule has 1 rings (SSSR count). The van der Waals surface area contributed by atoms with Crippen molar-refractivity contribution in [3.63, 3.8) is 0 Å². The zero-order chi connectivity index (χ0) is 13.2. The fraction of sp³-hybridized carbons (Fsp3) is 0.300. The van der Waals surface area contributed by atoms with Gasteiger partial charge in [0, 0.05) is 0 Å². The lowest BCUT2D eigenvalue weighted by atomic mass is 10.1. The van der Waals surface area contributed by atoms with Crippen LogP contribution in [0.2, 0.25) is 0 Å². The van der Waals surface area contributed by atoms with Crippen LogP contribution in [0.15, 0.2) is 22.7 Å². The average molecular weight is 314 g/mol. The molecule has 0 bridgehead atoms. The molecule has 17 heavy (non-hydrogen) atoms. The van der Waals surface area contributed by atoms with Crippen LogP contribution in [0.25, 0.3) is 0 Å². The number of benzene rings is 1. The maximum atomic E-state index is 13.1. The van der Waals surface area contributed by atoms with E-state index in [0.29, 0.717) is 0 Å². The molecule has 1 aromatic rings. The molecule has 94 valence electrons. The third-order valence-electron chi connectivity index (χ3n) is 2.05. The van der Waals surface area contributed by atoms with Crippen molar-refractivity contribution in [1.29, 1.82) is 0 Å². The molecule has 0 aliphatic rings. The van der Waals surface area contributed by atoms with Crippen LogP contribution >= 0.6 is 15.9 Å². The smallest absolute Gasteiger partial charge is 0.342 e. The number of halogens is 5. The highest BCUT2D eigenvalue weighted by molar-refractivity contribution is 9.10. The molecule has 1 unspecified atom stereocenters. The van der Waals surface area contributed by atoms with Gasteiger partial charge < -0.3 is 5.32 Å². The van der Waals surface area contributed by atoms with E-state index >= 15 is 0 Å². The fourth-order valence-corrected chi connectivity index (χ4v) is 1.39. The van der Waals surface area contributed by atoms with E-state index in [2.05, 4.69) is 15.9 Å². The van der Waals surface area contributed by atoms with Crippen LogP contribution in [-0.2, 0) is 4.79 Å². The van der Waals surface area contributed by atoms with E-state index < -0.39 is 23.9 Å². The Morgan fingerprint density at radius 2 is 2.00 bits per heavy atom. The summed E-state index contributed by atoms with van der Waals surface area (Å²) in [7, 11) is 0. The van der Waals surface area contributed by atoms with Gasteiger partial charge in [0.2, 0.25) is 0 Å². The molecule has 0 spiro atoms. The molecule has 0 saturated heterocycles. The summed E-state index contributed by atoms with van der Waals surface area (Å²) in [6, 6.07) is 2.92. The Morgan fingerprint density at radius 3 is 2.47 bits per heavy atom. The number of hydrogen-bond donors (Lipinski definition) is 1. The van der Waals surface area contributed by atoms with E-state index in [1.807, 2.05) is 0 Å².